The van der Waals surface area contributed by atoms with Crippen LogP contribution < -0.4 is 0 Å². The van der Waals surface area contributed by atoms with Crippen molar-refractivity contribution in [2.45, 2.75) is 0 Å². The number of halogens is 2. The first kappa shape index (κ1) is 18.6. The summed E-state index contributed by atoms with van der Waals surface area (Å²) in [5.74, 6) is 0.105. The second kappa shape index (κ2) is 8.04. The van der Waals surface area contributed by atoms with Crippen LogP contribution in [0.2, 0.25) is 0 Å². The molecule has 0 bridgehead atoms. The van der Waals surface area contributed by atoms with E-state index in [1.165, 1.54) is 18.2 Å². The summed E-state index contributed by atoms with van der Waals surface area (Å²) in [5.41, 5.74) is 2.83. The van der Waals surface area contributed by atoms with Crippen molar-refractivity contribution in [1.82, 2.24) is 0 Å². The molecule has 27 heavy (non-hydrogen) atoms. The number of hydrogen-bond acceptors (Lipinski definition) is 2. The number of benzene rings is 1. The molecule has 0 aromatic heterocycles. The summed E-state index contributed by atoms with van der Waals surface area (Å²) in [5, 5.41) is 0. The van der Waals surface area contributed by atoms with Crippen LogP contribution in [0.3, 0.4) is 0 Å². The average molecular weight is 367 g/mol. The SMILES string of the molecule is C[N+](C)=C1C=CC(=C/C=C2C=C(/C=C/c3ccccc3)O[B-](F)(F)O/2)C=C1. The van der Waals surface area contributed by atoms with Gasteiger partial charge in [-0.2, -0.15) is 0 Å². The molecule has 0 saturated heterocycles. The normalized spacial score (nSPS) is 19.7. The topological polar surface area (TPSA) is 21.5 Å². The van der Waals surface area contributed by atoms with Crippen LogP contribution in [0.5, 0.6) is 0 Å². The Morgan fingerprint density at radius 2 is 1.59 bits per heavy atom. The fourth-order valence-corrected chi connectivity index (χ4v) is 2.53. The van der Waals surface area contributed by atoms with E-state index >= 15 is 0 Å². The number of allylic oxidation sites excluding steroid dienone is 9. The van der Waals surface area contributed by atoms with Gasteiger partial charge in [-0.15, -0.1) is 0 Å². The standard InChI is InChI=1S/C21H20BF2NO2/c1-25(2)19-12-8-18(9-13-19)11-15-21-16-20(26-22(23,24)27-21)14-10-17-6-4-3-5-7-17/h3-16H,1-2H3/b14-10+,21-15-. The summed E-state index contributed by atoms with van der Waals surface area (Å²) in [7, 11) is -0.485. The maximum absolute atomic E-state index is 13.8. The van der Waals surface area contributed by atoms with Gasteiger partial charge in [0.2, 0.25) is 0 Å². The minimum absolute atomic E-state index is 0.0515. The molecule has 0 N–H and O–H groups in total. The van der Waals surface area contributed by atoms with Crippen LogP contribution in [0.15, 0.2) is 96.0 Å². The van der Waals surface area contributed by atoms with Crippen molar-refractivity contribution < 1.29 is 22.5 Å². The highest BCUT2D eigenvalue weighted by molar-refractivity contribution is 6.53. The van der Waals surface area contributed by atoms with Crippen LogP contribution in [0, 0.1) is 0 Å². The second-order valence-electron chi connectivity index (χ2n) is 6.28. The molecule has 0 radical (unpaired) electrons. The Bertz CT molecular complexity index is 901. The maximum atomic E-state index is 13.8. The first-order valence-corrected chi connectivity index (χ1v) is 8.56. The Balaban J connectivity index is 1.80. The zero-order valence-corrected chi connectivity index (χ0v) is 15.2. The quantitative estimate of drug-likeness (QED) is 0.573. The Labute approximate surface area is 157 Å². The molecule has 1 aromatic rings. The van der Waals surface area contributed by atoms with Gasteiger partial charge in [0, 0.05) is 18.2 Å². The highest BCUT2D eigenvalue weighted by Gasteiger charge is 2.36. The van der Waals surface area contributed by atoms with Crippen LogP contribution in [0.1, 0.15) is 5.56 Å². The van der Waals surface area contributed by atoms with Gasteiger partial charge in [-0.3, -0.25) is 0 Å². The number of nitrogens with zero attached hydrogens (tertiary/aromatic N) is 1. The molecule has 0 fully saturated rings. The fraction of sp³-hybridized carbons (Fsp3) is 0.0952. The van der Waals surface area contributed by atoms with Crippen molar-refractivity contribution in [3.63, 3.8) is 0 Å². The van der Waals surface area contributed by atoms with E-state index in [0.29, 0.717) is 0 Å². The number of hydrogen-bond donors (Lipinski definition) is 0. The molecule has 1 aromatic carbocycles. The summed E-state index contributed by atoms with van der Waals surface area (Å²) >= 11 is 0. The first-order chi connectivity index (χ1) is 12.9. The van der Waals surface area contributed by atoms with E-state index in [-0.39, 0.29) is 11.5 Å². The Hall–Kier alpha value is -3.15. The van der Waals surface area contributed by atoms with Crippen LogP contribution in [0.4, 0.5) is 8.63 Å². The van der Waals surface area contributed by atoms with Crippen molar-refractivity contribution >= 4 is 18.9 Å². The highest BCUT2D eigenvalue weighted by atomic mass is 19.3. The van der Waals surface area contributed by atoms with Gasteiger partial charge in [0.05, 0.1) is 11.5 Å². The molecule has 0 amide bonds. The first-order valence-electron chi connectivity index (χ1n) is 8.56. The van der Waals surface area contributed by atoms with E-state index < -0.39 is 7.11 Å². The average Bonchev–Trinajstić information content (AvgIpc) is 2.65. The molecule has 138 valence electrons. The van der Waals surface area contributed by atoms with Crippen LogP contribution >= 0.6 is 0 Å². The molecular formula is C21H20BF2NO2. The monoisotopic (exact) mass is 367 g/mol. The molecule has 1 aliphatic carbocycles. The summed E-state index contributed by atoms with van der Waals surface area (Å²) in [6, 6.07) is 9.39. The van der Waals surface area contributed by atoms with Gasteiger partial charge < -0.3 is 17.9 Å². The minimum atomic E-state index is -4.39. The maximum Gasteiger partial charge on any atom is 0.725 e. The predicted octanol–water partition coefficient (Wildman–Crippen LogP) is 4.65. The summed E-state index contributed by atoms with van der Waals surface area (Å²) in [6.07, 6.45) is 15.6. The molecule has 3 rings (SSSR count). The molecular weight excluding hydrogens is 347 g/mol. The highest BCUT2D eigenvalue weighted by Crippen LogP contribution is 2.27. The molecule has 0 saturated carbocycles. The van der Waals surface area contributed by atoms with Gasteiger partial charge in [-0.05, 0) is 35.4 Å². The van der Waals surface area contributed by atoms with E-state index in [1.54, 1.807) is 12.2 Å². The largest absolute Gasteiger partial charge is 0.725 e. The van der Waals surface area contributed by atoms with E-state index in [1.807, 2.05) is 73.3 Å². The van der Waals surface area contributed by atoms with Gasteiger partial charge in [0.25, 0.3) is 0 Å². The lowest BCUT2D eigenvalue weighted by Gasteiger charge is -2.33. The van der Waals surface area contributed by atoms with Crippen molar-refractivity contribution in [3.05, 3.63) is 102 Å². The van der Waals surface area contributed by atoms with Gasteiger partial charge in [-0.25, -0.2) is 4.58 Å². The van der Waals surface area contributed by atoms with Crippen molar-refractivity contribution in [3.8, 4) is 0 Å². The summed E-state index contributed by atoms with van der Waals surface area (Å²) < 4.78 is 38.8. The van der Waals surface area contributed by atoms with Gasteiger partial charge in [0.1, 0.15) is 14.1 Å². The third kappa shape index (κ3) is 5.41. The number of rotatable bonds is 3. The van der Waals surface area contributed by atoms with Crippen LogP contribution in [-0.4, -0.2) is 31.5 Å². The molecule has 0 atom stereocenters. The van der Waals surface area contributed by atoms with Gasteiger partial charge >= 0.3 is 7.11 Å². The van der Waals surface area contributed by atoms with Crippen LogP contribution in [-0.2, 0) is 9.31 Å². The lowest BCUT2D eigenvalue weighted by atomic mass is 10.1. The fourth-order valence-electron chi connectivity index (χ4n) is 2.53. The van der Waals surface area contributed by atoms with E-state index in [2.05, 4.69) is 9.31 Å². The molecule has 1 aliphatic heterocycles. The Kier molecular flexibility index (Phi) is 5.55. The van der Waals surface area contributed by atoms with Gasteiger partial charge in [-0.1, -0.05) is 42.5 Å². The predicted molar refractivity (Wildman–Crippen MR) is 105 cm³/mol. The minimum Gasteiger partial charge on any atom is -0.627 e. The van der Waals surface area contributed by atoms with Crippen molar-refractivity contribution in [1.29, 1.82) is 0 Å². The molecule has 2 aliphatic rings. The Morgan fingerprint density at radius 3 is 2.26 bits per heavy atom. The lowest BCUT2D eigenvalue weighted by Crippen LogP contribution is -2.33. The van der Waals surface area contributed by atoms with E-state index in [0.717, 1.165) is 16.8 Å². The molecule has 0 spiro atoms. The lowest BCUT2D eigenvalue weighted by molar-refractivity contribution is -0.462. The van der Waals surface area contributed by atoms with Crippen molar-refractivity contribution in [2.75, 3.05) is 14.1 Å². The van der Waals surface area contributed by atoms with Gasteiger partial charge in [0.15, 0.2) is 5.71 Å². The third-order valence-electron chi connectivity index (χ3n) is 3.92. The summed E-state index contributed by atoms with van der Waals surface area (Å²) in [6.45, 7) is 0. The zero-order valence-electron chi connectivity index (χ0n) is 15.2. The molecule has 6 heteroatoms. The molecule has 1 heterocycles. The molecule has 0 unspecified atom stereocenters. The molecule has 3 nitrogen and oxygen atoms in total. The zero-order chi connectivity index (χ0) is 19.3. The van der Waals surface area contributed by atoms with E-state index in [4.69, 9.17) is 0 Å². The Morgan fingerprint density at radius 1 is 0.889 bits per heavy atom. The smallest absolute Gasteiger partial charge is 0.627 e. The van der Waals surface area contributed by atoms with Crippen LogP contribution in [0.25, 0.3) is 6.08 Å². The second-order valence-corrected chi connectivity index (χ2v) is 6.28. The third-order valence-corrected chi connectivity index (χ3v) is 3.92. The van der Waals surface area contributed by atoms with Crippen molar-refractivity contribution in [2.24, 2.45) is 0 Å². The van der Waals surface area contributed by atoms with E-state index in [9.17, 15) is 8.63 Å². The summed E-state index contributed by atoms with van der Waals surface area (Å²) in [4.78, 5) is 0.